The van der Waals surface area contributed by atoms with Crippen LogP contribution < -0.4 is 11.3 Å². The van der Waals surface area contributed by atoms with E-state index in [1.165, 1.54) is 17.8 Å². The molecule has 0 spiro atoms. The van der Waals surface area contributed by atoms with Crippen molar-refractivity contribution in [2.75, 3.05) is 5.73 Å². The highest BCUT2D eigenvalue weighted by Gasteiger charge is 2.07. The number of nitrogens with one attached hydrogen (secondary N) is 1. The molecule has 5 nitrogen and oxygen atoms in total. The van der Waals surface area contributed by atoms with Crippen LogP contribution in [0, 0.1) is 0 Å². The molecule has 0 aliphatic rings. The summed E-state index contributed by atoms with van der Waals surface area (Å²) in [6.07, 6.45) is 0. The second kappa shape index (κ2) is 5.43. The minimum atomic E-state index is -0.315. The number of hydrogen-bond acceptors (Lipinski definition) is 5. The summed E-state index contributed by atoms with van der Waals surface area (Å²) in [7, 11) is 0. The normalized spacial score (nSPS) is 10.6. The van der Waals surface area contributed by atoms with Gasteiger partial charge in [-0.1, -0.05) is 23.4 Å². The molecular weight excluding hydrogens is 274 g/mol. The van der Waals surface area contributed by atoms with Crippen molar-refractivity contribution >= 4 is 29.2 Å². The third-order valence-corrected chi connectivity index (χ3v) is 3.38. The molecule has 0 radical (unpaired) electrons. The second-order valence-electron chi connectivity index (χ2n) is 3.49. The number of benzene rings is 1. The monoisotopic (exact) mass is 283 g/mol. The van der Waals surface area contributed by atoms with Gasteiger partial charge in [-0.15, -0.1) is 0 Å². The van der Waals surface area contributed by atoms with Crippen molar-refractivity contribution in [3.05, 3.63) is 45.2 Å². The van der Waals surface area contributed by atoms with Gasteiger partial charge in [0.1, 0.15) is 5.82 Å². The van der Waals surface area contributed by atoms with Gasteiger partial charge in [0.25, 0.3) is 5.56 Å². The van der Waals surface area contributed by atoms with Crippen molar-refractivity contribution in [2.24, 2.45) is 0 Å². The molecule has 0 unspecified atom stereocenters. The molecule has 0 atom stereocenters. The maximum absolute atomic E-state index is 11.3. The van der Waals surface area contributed by atoms with Crippen molar-refractivity contribution in [2.45, 2.75) is 16.7 Å². The molecule has 2 aromatic rings. The molecule has 1 aromatic heterocycles. The highest BCUT2D eigenvalue weighted by molar-refractivity contribution is 7.99. The van der Waals surface area contributed by atoms with Crippen LogP contribution in [0.25, 0.3) is 0 Å². The summed E-state index contributed by atoms with van der Waals surface area (Å²) >= 11 is 7.05. The van der Waals surface area contributed by atoms with E-state index in [0.29, 0.717) is 15.7 Å². The van der Waals surface area contributed by atoms with E-state index in [0.717, 1.165) is 4.90 Å². The Labute approximate surface area is 112 Å². The lowest BCUT2D eigenvalue weighted by Gasteiger charge is -2.07. The largest absolute Gasteiger partial charge is 0.392 e. The maximum Gasteiger partial charge on any atom is 0.253 e. The topological polar surface area (TPSA) is 92.0 Å². The van der Waals surface area contributed by atoms with Crippen molar-refractivity contribution < 1.29 is 5.11 Å². The Bertz CT molecular complexity index is 630. The summed E-state index contributed by atoms with van der Waals surface area (Å²) < 4.78 is 0. The van der Waals surface area contributed by atoms with Gasteiger partial charge in [0.05, 0.1) is 6.61 Å². The highest BCUT2D eigenvalue weighted by atomic mass is 35.5. The third-order valence-electron chi connectivity index (χ3n) is 2.14. The standard InChI is InChI=1S/C11H10ClN3O2S/c12-7-1-2-8(6(3-7)5-16)18-11-14-9(13)4-10(17)15-11/h1-4,16H,5H2,(H3,13,14,15,17). The van der Waals surface area contributed by atoms with Gasteiger partial charge in [0, 0.05) is 16.0 Å². The van der Waals surface area contributed by atoms with E-state index in [9.17, 15) is 9.90 Å². The predicted octanol–water partition coefficient (Wildman–Crippen LogP) is 1.65. The van der Waals surface area contributed by atoms with Crippen molar-refractivity contribution in [1.82, 2.24) is 9.97 Å². The number of halogens is 1. The average molecular weight is 284 g/mol. The summed E-state index contributed by atoms with van der Waals surface area (Å²) in [5.41, 5.74) is 5.84. The first-order chi connectivity index (χ1) is 8.58. The van der Waals surface area contributed by atoms with E-state index < -0.39 is 0 Å². The number of aliphatic hydroxyl groups is 1. The minimum Gasteiger partial charge on any atom is -0.392 e. The predicted molar refractivity (Wildman–Crippen MR) is 70.8 cm³/mol. The van der Waals surface area contributed by atoms with Gasteiger partial charge in [0.2, 0.25) is 0 Å². The summed E-state index contributed by atoms with van der Waals surface area (Å²) in [6.45, 7) is -0.143. The molecule has 7 heteroatoms. The van der Waals surface area contributed by atoms with E-state index in [2.05, 4.69) is 9.97 Å². The van der Waals surface area contributed by atoms with Gasteiger partial charge < -0.3 is 15.8 Å². The maximum atomic E-state index is 11.3. The lowest BCUT2D eigenvalue weighted by Crippen LogP contribution is -2.09. The fourth-order valence-corrected chi connectivity index (χ4v) is 2.47. The Morgan fingerprint density at radius 2 is 2.22 bits per heavy atom. The molecule has 0 saturated heterocycles. The summed E-state index contributed by atoms with van der Waals surface area (Å²) in [5, 5.41) is 10.2. The lowest BCUT2D eigenvalue weighted by atomic mass is 10.2. The molecule has 2 rings (SSSR count). The zero-order valence-corrected chi connectivity index (χ0v) is 10.8. The number of hydrogen-bond donors (Lipinski definition) is 3. The first kappa shape index (κ1) is 12.9. The van der Waals surface area contributed by atoms with E-state index in [-0.39, 0.29) is 18.0 Å². The van der Waals surface area contributed by atoms with Crippen molar-refractivity contribution in [3.63, 3.8) is 0 Å². The Morgan fingerprint density at radius 1 is 1.44 bits per heavy atom. The van der Waals surface area contributed by atoms with Gasteiger partial charge in [-0.05, 0) is 23.8 Å². The highest BCUT2D eigenvalue weighted by Crippen LogP contribution is 2.29. The van der Waals surface area contributed by atoms with Crippen LogP contribution in [0.4, 0.5) is 5.82 Å². The van der Waals surface area contributed by atoms with Gasteiger partial charge in [0.15, 0.2) is 5.16 Å². The van der Waals surface area contributed by atoms with Gasteiger partial charge >= 0.3 is 0 Å². The molecule has 94 valence electrons. The summed E-state index contributed by atoms with van der Waals surface area (Å²) in [5.74, 6) is 0.153. The number of nitrogens with zero attached hydrogens (tertiary/aromatic N) is 1. The molecule has 0 fully saturated rings. The summed E-state index contributed by atoms with van der Waals surface area (Å²) in [6, 6.07) is 6.32. The number of aromatic amines is 1. The van der Waals surface area contributed by atoms with Crippen LogP contribution in [0.2, 0.25) is 5.02 Å². The first-order valence-corrected chi connectivity index (χ1v) is 6.22. The van der Waals surface area contributed by atoms with E-state index in [1.54, 1.807) is 18.2 Å². The molecule has 0 aliphatic heterocycles. The molecule has 4 N–H and O–H groups in total. The zero-order chi connectivity index (χ0) is 13.1. The number of aliphatic hydroxyl groups excluding tert-OH is 1. The minimum absolute atomic E-state index is 0.143. The van der Waals surface area contributed by atoms with Crippen LogP contribution in [0.1, 0.15) is 5.56 Å². The summed E-state index contributed by atoms with van der Waals surface area (Å²) in [4.78, 5) is 18.6. The number of nitrogen functional groups attached to an aromatic ring is 1. The quantitative estimate of drug-likeness (QED) is 0.745. The van der Waals surface area contributed by atoms with Crippen LogP contribution in [0.5, 0.6) is 0 Å². The number of nitrogens with two attached hydrogens (primary N) is 1. The molecule has 0 bridgehead atoms. The van der Waals surface area contributed by atoms with E-state index in [4.69, 9.17) is 17.3 Å². The van der Waals surface area contributed by atoms with Gasteiger partial charge in [-0.2, -0.15) is 0 Å². The number of aromatic nitrogens is 2. The Kier molecular flexibility index (Phi) is 3.90. The Hall–Kier alpha value is -1.50. The van der Waals surface area contributed by atoms with E-state index in [1.807, 2.05) is 0 Å². The average Bonchev–Trinajstić information content (AvgIpc) is 2.30. The van der Waals surface area contributed by atoms with Crippen LogP contribution >= 0.6 is 23.4 Å². The van der Waals surface area contributed by atoms with Crippen LogP contribution in [-0.4, -0.2) is 15.1 Å². The van der Waals surface area contributed by atoms with Crippen LogP contribution in [0.15, 0.2) is 39.1 Å². The van der Waals surface area contributed by atoms with Gasteiger partial charge in [-0.25, -0.2) is 4.98 Å². The third kappa shape index (κ3) is 3.04. The Morgan fingerprint density at radius 3 is 2.89 bits per heavy atom. The SMILES string of the molecule is Nc1cc(=O)[nH]c(Sc2ccc(Cl)cc2CO)n1. The number of anilines is 1. The fraction of sp³-hybridized carbons (Fsp3) is 0.0909. The lowest BCUT2D eigenvalue weighted by molar-refractivity contribution is 0.279. The molecule has 0 amide bonds. The molecule has 1 aromatic carbocycles. The molecular formula is C11H10ClN3O2S. The zero-order valence-electron chi connectivity index (χ0n) is 9.18. The van der Waals surface area contributed by atoms with Crippen LogP contribution in [-0.2, 0) is 6.61 Å². The number of H-pyrrole nitrogens is 1. The van der Waals surface area contributed by atoms with E-state index >= 15 is 0 Å². The van der Waals surface area contributed by atoms with Crippen molar-refractivity contribution in [1.29, 1.82) is 0 Å². The number of rotatable bonds is 3. The molecule has 18 heavy (non-hydrogen) atoms. The van der Waals surface area contributed by atoms with Crippen molar-refractivity contribution in [3.8, 4) is 0 Å². The molecule has 0 saturated carbocycles. The second-order valence-corrected chi connectivity index (χ2v) is 4.95. The Balaban J connectivity index is 2.36. The molecule has 0 aliphatic carbocycles. The first-order valence-electron chi connectivity index (χ1n) is 5.02. The van der Waals surface area contributed by atoms with Crippen LogP contribution in [0.3, 0.4) is 0 Å². The smallest absolute Gasteiger partial charge is 0.253 e. The van der Waals surface area contributed by atoms with Gasteiger partial charge in [-0.3, -0.25) is 4.79 Å². The molecule has 1 heterocycles. The fourth-order valence-electron chi connectivity index (χ4n) is 1.38.